The molecule has 6 nitrogen and oxygen atoms in total. The molecule has 0 aliphatic carbocycles. The van der Waals surface area contributed by atoms with Gasteiger partial charge in [0.05, 0.1) is 4.90 Å². The zero-order valence-corrected chi connectivity index (χ0v) is 18.2. The molecule has 4 rings (SSSR count). The average molecular weight is 442 g/mol. The first-order valence-corrected chi connectivity index (χ1v) is 12.0. The van der Waals surface area contributed by atoms with E-state index in [9.17, 15) is 13.2 Å². The minimum absolute atomic E-state index is 0.0947. The van der Waals surface area contributed by atoms with E-state index in [1.807, 2.05) is 42.8 Å². The molecular weight excluding hydrogens is 418 g/mol. The number of anilines is 1. The van der Waals surface area contributed by atoms with Crippen molar-refractivity contribution in [2.75, 3.05) is 25.0 Å². The van der Waals surface area contributed by atoms with Crippen molar-refractivity contribution in [3.63, 3.8) is 0 Å². The van der Waals surface area contributed by atoms with E-state index >= 15 is 0 Å². The summed E-state index contributed by atoms with van der Waals surface area (Å²) in [5.41, 5.74) is 2.56. The Morgan fingerprint density at radius 1 is 1.07 bits per heavy atom. The topological polar surface area (TPSA) is 69.7 Å². The number of hydrogen-bond acceptors (Lipinski definition) is 5. The number of benzene rings is 2. The Morgan fingerprint density at radius 3 is 2.70 bits per heavy atom. The van der Waals surface area contributed by atoms with Crippen molar-refractivity contribution in [2.24, 2.45) is 0 Å². The Bertz CT molecular complexity index is 1140. The SMILES string of the molecule is CN1CCN(C(=O)c2cccc(S(=O)(=O)NCc3cccs3)c2)Cc2ccccc21. The van der Waals surface area contributed by atoms with Crippen LogP contribution in [0.5, 0.6) is 0 Å². The van der Waals surface area contributed by atoms with Crippen molar-refractivity contribution < 1.29 is 13.2 Å². The van der Waals surface area contributed by atoms with Gasteiger partial charge in [-0.3, -0.25) is 4.79 Å². The van der Waals surface area contributed by atoms with Gasteiger partial charge in [0, 0.05) is 49.4 Å². The van der Waals surface area contributed by atoms with Crippen LogP contribution in [0.25, 0.3) is 0 Å². The standard InChI is InChI=1S/C22H23N3O3S2/c1-24-11-12-25(16-18-6-2-3-10-21(18)24)22(26)17-7-4-9-20(14-17)30(27,28)23-15-19-8-5-13-29-19/h2-10,13-14,23H,11-12,15-16H2,1H3. The summed E-state index contributed by atoms with van der Waals surface area (Å²) in [4.78, 5) is 18.1. The van der Waals surface area contributed by atoms with Crippen LogP contribution in [0.2, 0.25) is 0 Å². The van der Waals surface area contributed by atoms with Gasteiger partial charge in [0.1, 0.15) is 0 Å². The molecule has 0 saturated carbocycles. The molecule has 1 aromatic heterocycles. The van der Waals surface area contributed by atoms with Crippen molar-refractivity contribution >= 4 is 33.0 Å². The van der Waals surface area contributed by atoms with Gasteiger partial charge in [-0.1, -0.05) is 30.3 Å². The summed E-state index contributed by atoms with van der Waals surface area (Å²) in [7, 11) is -1.70. The van der Waals surface area contributed by atoms with Crippen LogP contribution < -0.4 is 9.62 Å². The fraction of sp³-hybridized carbons (Fsp3) is 0.227. The molecule has 1 aliphatic rings. The Morgan fingerprint density at radius 2 is 1.90 bits per heavy atom. The van der Waals surface area contributed by atoms with Gasteiger partial charge in [-0.25, -0.2) is 13.1 Å². The van der Waals surface area contributed by atoms with Gasteiger partial charge in [-0.05, 0) is 41.3 Å². The second kappa shape index (κ2) is 8.59. The predicted molar refractivity (Wildman–Crippen MR) is 119 cm³/mol. The number of rotatable bonds is 5. The van der Waals surface area contributed by atoms with Gasteiger partial charge in [0.15, 0.2) is 0 Å². The maximum Gasteiger partial charge on any atom is 0.254 e. The highest BCUT2D eigenvalue weighted by atomic mass is 32.2. The van der Waals surface area contributed by atoms with Crippen LogP contribution in [-0.4, -0.2) is 39.4 Å². The van der Waals surface area contributed by atoms with Crippen molar-refractivity contribution in [1.29, 1.82) is 0 Å². The van der Waals surface area contributed by atoms with Crippen LogP contribution in [0.1, 0.15) is 20.8 Å². The number of nitrogens with one attached hydrogen (secondary N) is 1. The molecule has 0 fully saturated rings. The van der Waals surface area contributed by atoms with E-state index in [1.54, 1.807) is 17.0 Å². The van der Waals surface area contributed by atoms with Crippen LogP contribution in [0.3, 0.4) is 0 Å². The van der Waals surface area contributed by atoms with E-state index in [-0.39, 0.29) is 17.3 Å². The van der Waals surface area contributed by atoms with Gasteiger partial charge in [0.2, 0.25) is 10.0 Å². The van der Waals surface area contributed by atoms with Gasteiger partial charge in [0.25, 0.3) is 5.91 Å². The Balaban J connectivity index is 1.54. The number of likely N-dealkylation sites (N-methyl/N-ethyl adjacent to an activating group) is 1. The molecule has 30 heavy (non-hydrogen) atoms. The smallest absolute Gasteiger partial charge is 0.254 e. The molecule has 2 heterocycles. The number of carbonyl (C=O) groups is 1. The van der Waals surface area contributed by atoms with E-state index in [0.29, 0.717) is 25.2 Å². The molecule has 0 spiro atoms. The molecule has 3 aromatic rings. The minimum Gasteiger partial charge on any atom is -0.373 e. The van der Waals surface area contributed by atoms with Crippen LogP contribution in [-0.2, 0) is 23.1 Å². The fourth-order valence-electron chi connectivity index (χ4n) is 3.51. The molecular formula is C22H23N3O3S2. The van der Waals surface area contributed by atoms with Crippen molar-refractivity contribution in [3.8, 4) is 0 Å². The van der Waals surface area contributed by atoms with E-state index < -0.39 is 10.0 Å². The Kier molecular flexibility index (Phi) is 5.90. The van der Waals surface area contributed by atoms with Crippen LogP contribution in [0, 0.1) is 0 Å². The van der Waals surface area contributed by atoms with Crippen LogP contribution in [0.15, 0.2) is 70.9 Å². The molecule has 0 bridgehead atoms. The lowest BCUT2D eigenvalue weighted by Gasteiger charge is -2.21. The first kappa shape index (κ1) is 20.6. The maximum atomic E-state index is 13.2. The summed E-state index contributed by atoms with van der Waals surface area (Å²) >= 11 is 1.49. The summed E-state index contributed by atoms with van der Waals surface area (Å²) in [6.07, 6.45) is 0. The Hall–Kier alpha value is -2.68. The van der Waals surface area contributed by atoms with Crippen molar-refractivity contribution in [2.45, 2.75) is 18.0 Å². The lowest BCUT2D eigenvalue weighted by Crippen LogP contribution is -2.34. The average Bonchev–Trinajstić information content (AvgIpc) is 3.23. The first-order chi connectivity index (χ1) is 14.4. The normalized spacial score (nSPS) is 14.3. The van der Waals surface area contributed by atoms with Crippen LogP contribution in [0.4, 0.5) is 5.69 Å². The zero-order valence-electron chi connectivity index (χ0n) is 16.6. The molecule has 0 unspecified atom stereocenters. The number of hydrogen-bond donors (Lipinski definition) is 1. The third kappa shape index (κ3) is 4.40. The minimum atomic E-state index is -3.71. The molecule has 0 radical (unpaired) electrons. The van der Waals surface area contributed by atoms with Gasteiger partial charge < -0.3 is 9.80 Å². The number of thiophene rings is 1. The van der Waals surface area contributed by atoms with Gasteiger partial charge in [-0.15, -0.1) is 11.3 Å². The monoisotopic (exact) mass is 441 g/mol. The third-order valence-electron chi connectivity index (χ3n) is 5.16. The largest absolute Gasteiger partial charge is 0.373 e. The summed E-state index contributed by atoms with van der Waals surface area (Å²) in [5, 5.41) is 1.90. The van der Waals surface area contributed by atoms with E-state index in [0.717, 1.165) is 16.1 Å². The number of carbonyl (C=O) groups excluding carboxylic acids is 1. The molecule has 2 aromatic carbocycles. The van der Waals surface area contributed by atoms with Gasteiger partial charge in [-0.2, -0.15) is 0 Å². The summed E-state index contributed by atoms with van der Waals surface area (Å²) < 4.78 is 28.0. The second-order valence-corrected chi connectivity index (χ2v) is 10.0. The Labute approximate surface area is 180 Å². The van der Waals surface area contributed by atoms with E-state index in [4.69, 9.17) is 0 Å². The lowest BCUT2D eigenvalue weighted by atomic mass is 10.1. The number of nitrogens with zero attached hydrogens (tertiary/aromatic N) is 2. The van der Waals surface area contributed by atoms with E-state index in [2.05, 4.69) is 15.7 Å². The molecule has 8 heteroatoms. The summed E-state index contributed by atoms with van der Waals surface area (Å²) in [6, 6.07) is 18.0. The molecule has 1 amide bonds. The number of fused-ring (bicyclic) bond motifs is 1. The fourth-order valence-corrected chi connectivity index (χ4v) is 5.30. The van der Waals surface area contributed by atoms with Crippen molar-refractivity contribution in [3.05, 3.63) is 82.0 Å². The first-order valence-electron chi connectivity index (χ1n) is 9.64. The van der Waals surface area contributed by atoms with E-state index in [1.165, 1.54) is 23.5 Å². The lowest BCUT2D eigenvalue weighted by molar-refractivity contribution is 0.0751. The zero-order chi connectivity index (χ0) is 21.1. The molecule has 0 saturated heterocycles. The second-order valence-electron chi connectivity index (χ2n) is 7.21. The molecule has 0 atom stereocenters. The van der Waals surface area contributed by atoms with Crippen LogP contribution >= 0.6 is 11.3 Å². The molecule has 1 aliphatic heterocycles. The summed E-state index contributed by atoms with van der Waals surface area (Å²) in [5.74, 6) is -0.171. The third-order valence-corrected chi connectivity index (χ3v) is 7.44. The van der Waals surface area contributed by atoms with Gasteiger partial charge >= 0.3 is 0 Å². The number of amides is 1. The molecule has 156 valence electrons. The maximum absolute atomic E-state index is 13.2. The quantitative estimate of drug-likeness (QED) is 0.660. The highest BCUT2D eigenvalue weighted by Gasteiger charge is 2.23. The van der Waals surface area contributed by atoms with Crippen molar-refractivity contribution in [1.82, 2.24) is 9.62 Å². The number of para-hydroxylation sites is 1. The molecule has 1 N–H and O–H groups in total. The predicted octanol–water partition coefficient (Wildman–Crippen LogP) is 3.32. The highest BCUT2D eigenvalue weighted by molar-refractivity contribution is 7.89. The highest BCUT2D eigenvalue weighted by Crippen LogP contribution is 2.25. The summed E-state index contributed by atoms with van der Waals surface area (Å²) in [6.45, 7) is 2.00. The number of sulfonamides is 1.